The lowest BCUT2D eigenvalue weighted by atomic mass is 10.2. The Morgan fingerprint density at radius 1 is 1.40 bits per heavy atom. The lowest BCUT2D eigenvalue weighted by Gasteiger charge is -2.09. The maximum absolute atomic E-state index is 11.9. The van der Waals surface area contributed by atoms with Crippen LogP contribution in [0.2, 0.25) is 5.02 Å². The molecule has 2 aromatic rings. The Hall–Kier alpha value is -2.34. The summed E-state index contributed by atoms with van der Waals surface area (Å²) >= 11 is 5.93. The molecule has 0 fully saturated rings. The molecule has 0 aliphatic carbocycles. The van der Waals surface area contributed by atoms with Gasteiger partial charge in [-0.25, -0.2) is 4.79 Å². The molecule has 0 saturated carbocycles. The smallest absolute Gasteiger partial charge is 0.335 e. The van der Waals surface area contributed by atoms with Crippen molar-refractivity contribution in [3.63, 3.8) is 0 Å². The molecule has 0 bridgehead atoms. The average Bonchev–Trinajstić information content (AvgIpc) is 2.77. The van der Waals surface area contributed by atoms with Gasteiger partial charge in [-0.05, 0) is 31.2 Å². The second-order valence-electron chi connectivity index (χ2n) is 4.18. The highest BCUT2D eigenvalue weighted by Gasteiger charge is 2.11. The number of aryl methyl sites for hydroxylation is 1. The van der Waals surface area contributed by atoms with E-state index in [2.05, 4.69) is 10.4 Å². The number of nitrogens with zero attached hydrogens (tertiary/aromatic N) is 2. The number of benzene rings is 1. The van der Waals surface area contributed by atoms with Crippen molar-refractivity contribution in [2.45, 2.75) is 13.5 Å². The van der Waals surface area contributed by atoms with Crippen LogP contribution in [0, 0.1) is 6.92 Å². The summed E-state index contributed by atoms with van der Waals surface area (Å²) < 4.78 is 1.53. The first kappa shape index (κ1) is 14.1. The number of carbonyl (C=O) groups excluding carboxylic acids is 1. The van der Waals surface area contributed by atoms with E-state index in [1.54, 1.807) is 12.3 Å². The van der Waals surface area contributed by atoms with Crippen molar-refractivity contribution in [3.05, 3.63) is 46.7 Å². The van der Waals surface area contributed by atoms with E-state index < -0.39 is 5.97 Å². The number of carboxylic acids is 1. The molecule has 0 atom stereocenters. The fraction of sp³-hybridized carbons (Fsp3) is 0.154. The maximum atomic E-state index is 11.9. The molecular formula is C13H12ClN3O3. The average molecular weight is 294 g/mol. The van der Waals surface area contributed by atoms with Gasteiger partial charge < -0.3 is 10.4 Å². The zero-order chi connectivity index (χ0) is 14.7. The van der Waals surface area contributed by atoms with E-state index in [4.69, 9.17) is 16.7 Å². The number of nitrogens with one attached hydrogen (secondary N) is 1. The molecule has 0 aliphatic heterocycles. The Kier molecular flexibility index (Phi) is 4.05. The molecule has 20 heavy (non-hydrogen) atoms. The number of halogens is 1. The van der Waals surface area contributed by atoms with Gasteiger partial charge in [0.05, 0.1) is 16.3 Å². The van der Waals surface area contributed by atoms with Gasteiger partial charge in [0, 0.05) is 11.9 Å². The number of hydrogen-bond acceptors (Lipinski definition) is 3. The van der Waals surface area contributed by atoms with Crippen LogP contribution in [0.15, 0.2) is 30.5 Å². The number of rotatable bonds is 4. The predicted octanol–water partition coefficient (Wildman–Crippen LogP) is 2.18. The molecule has 2 rings (SSSR count). The van der Waals surface area contributed by atoms with Crippen LogP contribution < -0.4 is 5.32 Å². The molecule has 0 unspecified atom stereocenters. The minimum Gasteiger partial charge on any atom is -0.478 e. The van der Waals surface area contributed by atoms with Gasteiger partial charge in [0.1, 0.15) is 6.54 Å². The number of carboxylic acid groups (broad SMARTS) is 1. The third-order valence-corrected chi connectivity index (χ3v) is 3.04. The van der Waals surface area contributed by atoms with E-state index >= 15 is 0 Å². The van der Waals surface area contributed by atoms with Crippen LogP contribution >= 0.6 is 11.6 Å². The molecule has 1 amide bonds. The van der Waals surface area contributed by atoms with Gasteiger partial charge in [-0.3, -0.25) is 9.48 Å². The van der Waals surface area contributed by atoms with Crippen molar-refractivity contribution < 1.29 is 14.7 Å². The molecule has 0 saturated heterocycles. The molecule has 7 heteroatoms. The summed E-state index contributed by atoms with van der Waals surface area (Å²) in [6, 6.07) is 5.90. The largest absolute Gasteiger partial charge is 0.478 e. The second-order valence-corrected chi connectivity index (χ2v) is 4.59. The number of aromatic nitrogens is 2. The predicted molar refractivity (Wildman–Crippen MR) is 74.0 cm³/mol. The first-order valence-electron chi connectivity index (χ1n) is 5.78. The minimum absolute atomic E-state index is 0.0342. The van der Waals surface area contributed by atoms with Crippen molar-refractivity contribution in [2.75, 3.05) is 5.32 Å². The standard InChI is InChI=1S/C13H12ClN3O3/c1-8-4-5-15-17(8)7-12(18)16-11-6-9(13(19)20)2-3-10(11)14/h2-6H,7H2,1H3,(H,16,18)(H,19,20). The van der Waals surface area contributed by atoms with Crippen LogP contribution in [0.1, 0.15) is 16.1 Å². The Labute approximate surface area is 120 Å². The molecule has 104 valence electrons. The summed E-state index contributed by atoms with van der Waals surface area (Å²) in [7, 11) is 0. The van der Waals surface area contributed by atoms with Crippen molar-refractivity contribution >= 4 is 29.2 Å². The molecule has 0 spiro atoms. The van der Waals surface area contributed by atoms with Crippen LogP contribution in [0.25, 0.3) is 0 Å². The molecular weight excluding hydrogens is 282 g/mol. The summed E-state index contributed by atoms with van der Waals surface area (Å²) in [5.41, 5.74) is 1.17. The lowest BCUT2D eigenvalue weighted by molar-refractivity contribution is -0.116. The fourth-order valence-corrected chi connectivity index (χ4v) is 1.81. The number of aromatic carboxylic acids is 1. The molecule has 0 aliphatic rings. The summed E-state index contributed by atoms with van der Waals surface area (Å²) in [6.07, 6.45) is 1.60. The first-order valence-corrected chi connectivity index (χ1v) is 6.16. The van der Waals surface area contributed by atoms with Crippen molar-refractivity contribution in [1.82, 2.24) is 9.78 Å². The summed E-state index contributed by atoms with van der Waals surface area (Å²) in [5, 5.41) is 15.8. The van der Waals surface area contributed by atoms with Gasteiger partial charge in [0.2, 0.25) is 5.91 Å². The van der Waals surface area contributed by atoms with Gasteiger partial charge in [-0.1, -0.05) is 11.6 Å². The molecule has 2 N–H and O–H groups in total. The monoisotopic (exact) mass is 293 g/mol. The maximum Gasteiger partial charge on any atom is 0.335 e. The van der Waals surface area contributed by atoms with Gasteiger partial charge in [-0.2, -0.15) is 5.10 Å². The van der Waals surface area contributed by atoms with Gasteiger partial charge >= 0.3 is 5.97 Å². The van der Waals surface area contributed by atoms with Gasteiger partial charge in [0.15, 0.2) is 0 Å². The zero-order valence-corrected chi connectivity index (χ0v) is 11.4. The van der Waals surface area contributed by atoms with Crippen LogP contribution in [0.4, 0.5) is 5.69 Å². The number of anilines is 1. The molecule has 0 radical (unpaired) electrons. The van der Waals surface area contributed by atoms with Gasteiger partial charge in [-0.15, -0.1) is 0 Å². The van der Waals surface area contributed by atoms with Crippen LogP contribution in [0.3, 0.4) is 0 Å². The Balaban J connectivity index is 2.13. The lowest BCUT2D eigenvalue weighted by Crippen LogP contribution is -2.20. The normalized spacial score (nSPS) is 10.3. The summed E-state index contributed by atoms with van der Waals surface area (Å²) in [5.74, 6) is -1.42. The SMILES string of the molecule is Cc1ccnn1CC(=O)Nc1cc(C(=O)O)ccc1Cl. The number of carbonyl (C=O) groups is 2. The Bertz CT molecular complexity index is 667. The molecule has 1 aromatic carbocycles. The third kappa shape index (κ3) is 3.16. The van der Waals surface area contributed by atoms with Crippen LogP contribution in [-0.4, -0.2) is 26.8 Å². The van der Waals surface area contributed by atoms with Crippen molar-refractivity contribution in [2.24, 2.45) is 0 Å². The second kappa shape index (κ2) is 5.75. The van der Waals surface area contributed by atoms with E-state index in [-0.39, 0.29) is 28.7 Å². The highest BCUT2D eigenvalue weighted by molar-refractivity contribution is 6.33. The van der Waals surface area contributed by atoms with E-state index in [1.165, 1.54) is 22.9 Å². The van der Waals surface area contributed by atoms with Crippen LogP contribution in [-0.2, 0) is 11.3 Å². The molecule has 1 aromatic heterocycles. The quantitative estimate of drug-likeness (QED) is 0.905. The topological polar surface area (TPSA) is 84.2 Å². The Morgan fingerprint density at radius 3 is 2.75 bits per heavy atom. The number of amides is 1. The van der Waals surface area contributed by atoms with Crippen LogP contribution in [0.5, 0.6) is 0 Å². The third-order valence-electron chi connectivity index (χ3n) is 2.71. The van der Waals surface area contributed by atoms with Gasteiger partial charge in [0.25, 0.3) is 0 Å². The highest BCUT2D eigenvalue weighted by Crippen LogP contribution is 2.23. The summed E-state index contributed by atoms with van der Waals surface area (Å²) in [6.45, 7) is 1.87. The number of hydrogen-bond donors (Lipinski definition) is 2. The minimum atomic E-state index is -1.08. The van der Waals surface area contributed by atoms with E-state index in [9.17, 15) is 9.59 Å². The van der Waals surface area contributed by atoms with Crippen molar-refractivity contribution in [3.8, 4) is 0 Å². The van der Waals surface area contributed by atoms with E-state index in [1.807, 2.05) is 6.92 Å². The van der Waals surface area contributed by atoms with E-state index in [0.29, 0.717) is 0 Å². The Morgan fingerprint density at radius 2 is 2.15 bits per heavy atom. The van der Waals surface area contributed by atoms with E-state index in [0.717, 1.165) is 5.69 Å². The zero-order valence-electron chi connectivity index (χ0n) is 10.6. The van der Waals surface area contributed by atoms with Crippen molar-refractivity contribution in [1.29, 1.82) is 0 Å². The molecule has 6 nitrogen and oxygen atoms in total. The first-order chi connectivity index (χ1) is 9.47. The fourth-order valence-electron chi connectivity index (χ4n) is 1.64. The summed E-state index contributed by atoms with van der Waals surface area (Å²) in [4.78, 5) is 22.8. The highest BCUT2D eigenvalue weighted by atomic mass is 35.5. The molecule has 1 heterocycles.